The summed E-state index contributed by atoms with van der Waals surface area (Å²) in [6.07, 6.45) is -0.476. The number of carbonyl (C=O) groups excluding carboxylic acids is 1. The summed E-state index contributed by atoms with van der Waals surface area (Å²) in [7, 11) is 1.34. The number of benzene rings is 1. The van der Waals surface area contributed by atoms with E-state index < -0.39 is 6.09 Å². The molecule has 1 heterocycles. The first-order valence-electron chi connectivity index (χ1n) is 5.77. The van der Waals surface area contributed by atoms with Crippen LogP contribution in [0.3, 0.4) is 0 Å². The Hall–Kier alpha value is -2.08. The fourth-order valence-corrected chi connectivity index (χ4v) is 2.27. The minimum absolute atomic E-state index is 0.476. The summed E-state index contributed by atoms with van der Waals surface area (Å²) < 4.78 is 4.55. The lowest BCUT2D eigenvalue weighted by Crippen LogP contribution is -2.11. The van der Waals surface area contributed by atoms with Gasteiger partial charge in [-0.1, -0.05) is 6.07 Å². The number of aryl methyl sites for hydroxylation is 1. The second-order valence-corrected chi connectivity index (χ2v) is 4.85. The van der Waals surface area contributed by atoms with Crippen molar-refractivity contribution in [1.82, 2.24) is 4.98 Å². The average Bonchev–Trinajstić information content (AvgIpc) is 2.82. The number of ether oxygens (including phenoxy) is 1. The molecule has 6 heteroatoms. The van der Waals surface area contributed by atoms with Gasteiger partial charge < -0.3 is 10.1 Å². The first-order chi connectivity index (χ1) is 9.19. The zero-order valence-electron chi connectivity index (χ0n) is 10.8. The number of hydrogen-bond donors (Lipinski definition) is 2. The highest BCUT2D eigenvalue weighted by Gasteiger charge is 2.03. The summed E-state index contributed by atoms with van der Waals surface area (Å²) in [6, 6.07) is 7.47. The Bertz CT molecular complexity index is 569. The molecule has 0 aliphatic rings. The van der Waals surface area contributed by atoms with Gasteiger partial charge in [-0.2, -0.15) is 0 Å². The van der Waals surface area contributed by atoms with Gasteiger partial charge in [0, 0.05) is 16.3 Å². The van der Waals surface area contributed by atoms with Crippen molar-refractivity contribution in [3.05, 3.63) is 40.3 Å². The molecule has 0 saturated carbocycles. The van der Waals surface area contributed by atoms with Gasteiger partial charge in [-0.15, -0.1) is 11.3 Å². The second kappa shape index (κ2) is 6.19. The SMILES string of the molecule is COC(=O)Nc1cccc(NCc2scnc2C)c1. The largest absolute Gasteiger partial charge is 0.453 e. The Morgan fingerprint density at radius 1 is 1.42 bits per heavy atom. The fourth-order valence-electron chi connectivity index (χ4n) is 1.55. The number of aromatic nitrogens is 1. The summed E-state index contributed by atoms with van der Waals surface area (Å²) in [5.41, 5.74) is 4.50. The molecule has 0 atom stereocenters. The van der Waals surface area contributed by atoms with Crippen LogP contribution >= 0.6 is 11.3 Å². The summed E-state index contributed by atoms with van der Waals surface area (Å²) in [4.78, 5) is 16.5. The lowest BCUT2D eigenvalue weighted by atomic mass is 10.2. The smallest absolute Gasteiger partial charge is 0.411 e. The van der Waals surface area contributed by atoms with Crippen LogP contribution in [0.2, 0.25) is 0 Å². The molecular weight excluding hydrogens is 262 g/mol. The number of methoxy groups -OCH3 is 1. The van der Waals surface area contributed by atoms with Crippen LogP contribution in [0.5, 0.6) is 0 Å². The van der Waals surface area contributed by atoms with E-state index in [-0.39, 0.29) is 0 Å². The van der Waals surface area contributed by atoms with Crippen molar-refractivity contribution in [3.8, 4) is 0 Å². The average molecular weight is 277 g/mol. The van der Waals surface area contributed by atoms with Crippen LogP contribution in [0.4, 0.5) is 16.2 Å². The Morgan fingerprint density at radius 2 is 2.21 bits per heavy atom. The topological polar surface area (TPSA) is 63.2 Å². The third-order valence-corrected chi connectivity index (χ3v) is 3.53. The van der Waals surface area contributed by atoms with Crippen molar-refractivity contribution in [2.45, 2.75) is 13.5 Å². The van der Waals surface area contributed by atoms with Crippen molar-refractivity contribution >= 4 is 28.8 Å². The van der Waals surface area contributed by atoms with E-state index in [2.05, 4.69) is 20.4 Å². The van der Waals surface area contributed by atoms with E-state index in [4.69, 9.17) is 0 Å². The Kier molecular flexibility index (Phi) is 4.35. The minimum atomic E-state index is -0.476. The monoisotopic (exact) mass is 277 g/mol. The van der Waals surface area contributed by atoms with Crippen molar-refractivity contribution in [3.63, 3.8) is 0 Å². The van der Waals surface area contributed by atoms with Crippen molar-refractivity contribution in [2.75, 3.05) is 17.7 Å². The lowest BCUT2D eigenvalue weighted by Gasteiger charge is -2.08. The van der Waals surface area contributed by atoms with Crippen LogP contribution < -0.4 is 10.6 Å². The van der Waals surface area contributed by atoms with E-state index in [0.29, 0.717) is 5.69 Å². The minimum Gasteiger partial charge on any atom is -0.453 e. The molecule has 0 aliphatic carbocycles. The predicted molar refractivity (Wildman–Crippen MR) is 76.6 cm³/mol. The third kappa shape index (κ3) is 3.69. The molecule has 2 N–H and O–H groups in total. The normalized spacial score (nSPS) is 10.0. The number of rotatable bonds is 4. The second-order valence-electron chi connectivity index (χ2n) is 3.91. The van der Waals surface area contributed by atoms with Gasteiger partial charge in [0.2, 0.25) is 0 Å². The van der Waals surface area contributed by atoms with Gasteiger partial charge >= 0.3 is 6.09 Å². The highest BCUT2D eigenvalue weighted by molar-refractivity contribution is 7.09. The standard InChI is InChI=1S/C13H15N3O2S/c1-9-12(19-8-15-9)7-14-10-4-3-5-11(6-10)16-13(17)18-2/h3-6,8,14H,7H2,1-2H3,(H,16,17). The number of carbonyl (C=O) groups is 1. The molecule has 0 radical (unpaired) electrons. The quantitative estimate of drug-likeness (QED) is 0.900. The van der Waals surface area contributed by atoms with E-state index in [0.717, 1.165) is 17.9 Å². The zero-order chi connectivity index (χ0) is 13.7. The molecule has 0 bridgehead atoms. The summed E-state index contributed by atoms with van der Waals surface area (Å²) >= 11 is 1.62. The molecule has 19 heavy (non-hydrogen) atoms. The lowest BCUT2D eigenvalue weighted by molar-refractivity contribution is 0.187. The highest BCUT2D eigenvalue weighted by Crippen LogP contribution is 2.18. The van der Waals surface area contributed by atoms with Crippen LogP contribution in [0.25, 0.3) is 0 Å². The molecular formula is C13H15N3O2S. The van der Waals surface area contributed by atoms with Crippen LogP contribution in [0.1, 0.15) is 10.6 Å². The zero-order valence-corrected chi connectivity index (χ0v) is 11.6. The van der Waals surface area contributed by atoms with Crippen molar-refractivity contribution < 1.29 is 9.53 Å². The number of amides is 1. The van der Waals surface area contributed by atoms with E-state index in [1.54, 1.807) is 17.4 Å². The third-order valence-electron chi connectivity index (χ3n) is 2.59. The van der Waals surface area contributed by atoms with Gasteiger partial charge in [-0.25, -0.2) is 9.78 Å². The number of nitrogens with zero attached hydrogens (tertiary/aromatic N) is 1. The highest BCUT2D eigenvalue weighted by atomic mass is 32.1. The number of nitrogens with one attached hydrogen (secondary N) is 2. The Labute approximate surface area is 115 Å². The van der Waals surface area contributed by atoms with Gasteiger partial charge in [-0.3, -0.25) is 5.32 Å². The van der Waals surface area contributed by atoms with Crippen LogP contribution in [0, 0.1) is 6.92 Å². The molecule has 2 rings (SSSR count). The molecule has 0 fully saturated rings. The Morgan fingerprint density at radius 3 is 2.89 bits per heavy atom. The maximum absolute atomic E-state index is 11.1. The number of anilines is 2. The molecule has 0 aliphatic heterocycles. The summed E-state index contributed by atoms with van der Waals surface area (Å²) in [5, 5.41) is 5.92. The molecule has 0 unspecified atom stereocenters. The number of thiazole rings is 1. The van der Waals surface area contributed by atoms with E-state index in [9.17, 15) is 4.79 Å². The fraction of sp³-hybridized carbons (Fsp3) is 0.231. The molecule has 5 nitrogen and oxygen atoms in total. The summed E-state index contributed by atoms with van der Waals surface area (Å²) in [5.74, 6) is 0. The molecule has 1 aromatic heterocycles. The van der Waals surface area contributed by atoms with Crippen LogP contribution in [-0.4, -0.2) is 18.2 Å². The predicted octanol–water partition coefficient (Wildman–Crippen LogP) is 3.24. The van der Waals surface area contributed by atoms with Gasteiger partial charge in [0.15, 0.2) is 0 Å². The first-order valence-corrected chi connectivity index (χ1v) is 6.65. The summed E-state index contributed by atoms with van der Waals surface area (Å²) in [6.45, 7) is 2.71. The van der Waals surface area contributed by atoms with Gasteiger partial charge in [0.25, 0.3) is 0 Å². The molecule has 2 aromatic rings. The van der Waals surface area contributed by atoms with Gasteiger partial charge in [0.05, 0.1) is 24.9 Å². The van der Waals surface area contributed by atoms with Gasteiger partial charge in [0.1, 0.15) is 0 Å². The molecule has 0 spiro atoms. The van der Waals surface area contributed by atoms with Crippen LogP contribution in [-0.2, 0) is 11.3 Å². The van der Waals surface area contributed by atoms with E-state index in [1.807, 2.05) is 30.6 Å². The first kappa shape index (κ1) is 13.4. The van der Waals surface area contributed by atoms with E-state index >= 15 is 0 Å². The maximum Gasteiger partial charge on any atom is 0.411 e. The van der Waals surface area contributed by atoms with Crippen molar-refractivity contribution in [1.29, 1.82) is 0 Å². The van der Waals surface area contributed by atoms with E-state index in [1.165, 1.54) is 12.0 Å². The van der Waals surface area contributed by atoms with Crippen LogP contribution in [0.15, 0.2) is 29.8 Å². The van der Waals surface area contributed by atoms with Gasteiger partial charge in [-0.05, 0) is 25.1 Å². The van der Waals surface area contributed by atoms with Crippen molar-refractivity contribution in [2.24, 2.45) is 0 Å². The molecule has 1 aromatic carbocycles. The molecule has 0 saturated heterocycles. The molecule has 100 valence electrons. The Balaban J connectivity index is 1.99. The maximum atomic E-state index is 11.1. The number of hydrogen-bond acceptors (Lipinski definition) is 5. The molecule has 1 amide bonds.